The number of fused-ring (bicyclic) bond motifs is 6. The van der Waals surface area contributed by atoms with Crippen molar-refractivity contribution in [1.29, 1.82) is 0 Å². The van der Waals surface area contributed by atoms with Crippen LogP contribution >= 0.6 is 85.0 Å². The predicted octanol–water partition coefficient (Wildman–Crippen LogP) is 15.2. The lowest BCUT2D eigenvalue weighted by Gasteiger charge is -2.31. The average molecular weight is 1250 g/mol. The first kappa shape index (κ1) is 54.9. The highest BCUT2D eigenvalue weighted by Crippen LogP contribution is 2.50. The van der Waals surface area contributed by atoms with Crippen LogP contribution in [-0.2, 0) is 43.6 Å². The summed E-state index contributed by atoms with van der Waals surface area (Å²) >= 11 is 32.4. The Kier molecular flexibility index (Phi) is 16.2. The number of benzene rings is 4. The molecule has 2 aliphatic heterocycles. The number of nitrogens with zero attached hydrogens (tertiary/aromatic N) is 5. The third-order valence-corrected chi connectivity index (χ3v) is 19.7. The van der Waals surface area contributed by atoms with Gasteiger partial charge in [-0.3, -0.25) is 4.79 Å². The molecular weight excluding hydrogens is 1190 g/mol. The molecule has 4 aromatic heterocycles. The van der Waals surface area contributed by atoms with Crippen molar-refractivity contribution in [3.05, 3.63) is 130 Å². The molecule has 2 saturated heterocycles. The molecule has 14 rings (SSSR count). The summed E-state index contributed by atoms with van der Waals surface area (Å²) in [7, 11) is 1.38. The minimum absolute atomic E-state index is 0.172. The highest BCUT2D eigenvalue weighted by Gasteiger charge is 2.47. The molecule has 79 heavy (non-hydrogen) atoms. The number of ether oxygens (including phenoxy) is 4. The highest BCUT2D eigenvalue weighted by molar-refractivity contribution is 9.11. The number of carbonyl (C=O) groups excluding carboxylic acids is 2. The van der Waals surface area contributed by atoms with Crippen molar-refractivity contribution in [3.8, 4) is 22.5 Å². The molecule has 0 radical (unpaired) electrons. The van der Waals surface area contributed by atoms with E-state index in [0.29, 0.717) is 98.5 Å². The van der Waals surface area contributed by atoms with Gasteiger partial charge in [0, 0.05) is 65.2 Å². The second-order valence-electron chi connectivity index (χ2n) is 21.3. The van der Waals surface area contributed by atoms with Crippen LogP contribution < -0.4 is 10.2 Å². The molecular formula is C58H55BrCl4N6O8S2. The molecule has 6 aliphatic rings. The van der Waals surface area contributed by atoms with Crippen LogP contribution in [0.5, 0.6) is 0 Å². The summed E-state index contributed by atoms with van der Waals surface area (Å²) in [6, 6.07) is 19.7. The van der Waals surface area contributed by atoms with Crippen molar-refractivity contribution in [2.75, 3.05) is 25.1 Å². The number of halogens is 5. The Morgan fingerprint density at radius 2 is 1.33 bits per heavy atom. The zero-order valence-corrected chi connectivity index (χ0v) is 49.6. The van der Waals surface area contributed by atoms with Gasteiger partial charge in [-0.15, -0.1) is 11.3 Å². The SMILES string of the molecule is COC(=O)c1cc(C)c2nc(Br)sc2c1.Cc1cc(COC=O)cc2sc(N3CC4CC3CC4OCc3c(-c4c(Cl)cccc4Cl)noc3C3CC3)nc12.Clc1cccc(Cl)c1-c1noc(C2CC2)c1COC1CC2CC1CN2. The van der Waals surface area contributed by atoms with E-state index in [0.717, 1.165) is 138 Å². The summed E-state index contributed by atoms with van der Waals surface area (Å²) < 4.78 is 37.0. The number of aromatic nitrogens is 4. The van der Waals surface area contributed by atoms with E-state index in [-0.39, 0.29) is 18.7 Å². The molecule has 6 fully saturated rings. The fourth-order valence-corrected chi connectivity index (χ4v) is 15.7. The van der Waals surface area contributed by atoms with Crippen LogP contribution in [0.1, 0.15) is 113 Å². The summed E-state index contributed by atoms with van der Waals surface area (Å²) in [6.07, 6.45) is 9.39. The van der Waals surface area contributed by atoms with Gasteiger partial charge in [-0.1, -0.05) is 86.3 Å². The van der Waals surface area contributed by atoms with Crippen LogP contribution in [-0.4, -0.2) is 77.2 Å². The van der Waals surface area contributed by atoms with Gasteiger partial charge in [-0.05, 0) is 146 Å². The fourth-order valence-electron chi connectivity index (χ4n) is 11.8. The number of methoxy groups -OCH3 is 1. The number of anilines is 1. The van der Waals surface area contributed by atoms with Gasteiger partial charge in [0.25, 0.3) is 6.47 Å². The number of aryl methyl sites for hydroxylation is 2. The van der Waals surface area contributed by atoms with Gasteiger partial charge in [0.05, 0.1) is 78.6 Å². The lowest BCUT2D eigenvalue weighted by molar-refractivity contribution is -0.129. The lowest BCUT2D eigenvalue weighted by atomic mass is 10.0. The van der Waals surface area contributed by atoms with Gasteiger partial charge >= 0.3 is 5.97 Å². The molecule has 6 atom stereocenters. The van der Waals surface area contributed by atoms with Crippen LogP contribution in [0.2, 0.25) is 20.1 Å². The Morgan fingerprint density at radius 1 is 0.747 bits per heavy atom. The van der Waals surface area contributed by atoms with E-state index in [1.54, 1.807) is 23.5 Å². The summed E-state index contributed by atoms with van der Waals surface area (Å²) in [5.74, 6) is 3.47. The van der Waals surface area contributed by atoms with Gasteiger partial charge in [0.15, 0.2) is 9.05 Å². The summed E-state index contributed by atoms with van der Waals surface area (Å²) in [4.78, 5) is 33.7. The number of carbonyl (C=O) groups is 2. The molecule has 0 amide bonds. The van der Waals surface area contributed by atoms with Crippen LogP contribution in [0.25, 0.3) is 42.9 Å². The predicted molar refractivity (Wildman–Crippen MR) is 312 cm³/mol. The quantitative estimate of drug-likeness (QED) is 0.0761. The number of piperidine rings is 2. The smallest absolute Gasteiger partial charge is 0.337 e. The number of rotatable bonds is 15. The van der Waals surface area contributed by atoms with Crippen molar-refractivity contribution in [2.45, 2.75) is 121 Å². The summed E-state index contributed by atoms with van der Waals surface area (Å²) in [5, 5.41) is 15.6. The number of nitrogens with one attached hydrogen (secondary N) is 1. The maximum atomic E-state index is 11.4. The second-order valence-corrected chi connectivity index (χ2v) is 26.3. The summed E-state index contributed by atoms with van der Waals surface area (Å²) in [5.41, 5.74) is 10.5. The fraction of sp³-hybridized carbons (Fsp3) is 0.414. The molecule has 4 bridgehead atoms. The maximum absolute atomic E-state index is 11.4. The molecule has 0 spiro atoms. The van der Waals surface area contributed by atoms with E-state index >= 15 is 0 Å². The van der Waals surface area contributed by atoms with Gasteiger partial charge in [-0.2, -0.15) is 0 Å². The zero-order valence-electron chi connectivity index (χ0n) is 43.4. The van der Waals surface area contributed by atoms with Crippen LogP contribution in [0.3, 0.4) is 0 Å². The average Bonchev–Trinajstić information content (AvgIpc) is 4.09. The van der Waals surface area contributed by atoms with E-state index in [4.69, 9.17) is 74.6 Å². The normalized spacial score (nSPS) is 21.8. The molecule has 6 heterocycles. The van der Waals surface area contributed by atoms with Crippen molar-refractivity contribution >= 4 is 123 Å². The first-order chi connectivity index (χ1) is 38.3. The first-order valence-electron chi connectivity index (χ1n) is 26.5. The van der Waals surface area contributed by atoms with Crippen molar-refractivity contribution in [3.63, 3.8) is 0 Å². The van der Waals surface area contributed by atoms with Gasteiger partial charge in [0.1, 0.15) is 29.5 Å². The van der Waals surface area contributed by atoms with Gasteiger partial charge in [-0.25, -0.2) is 14.8 Å². The number of hydrogen-bond donors (Lipinski definition) is 1. The number of esters is 1. The topological polar surface area (TPSA) is 164 Å². The molecule has 4 aliphatic carbocycles. The summed E-state index contributed by atoms with van der Waals surface area (Å²) in [6.45, 7) is 7.70. The van der Waals surface area contributed by atoms with Gasteiger partial charge in [0.2, 0.25) is 0 Å². The minimum Gasteiger partial charge on any atom is -0.465 e. The Bertz CT molecular complexity index is 3560. The maximum Gasteiger partial charge on any atom is 0.337 e. The van der Waals surface area contributed by atoms with Crippen LogP contribution in [0.15, 0.2) is 73.6 Å². The molecule has 6 unspecified atom stereocenters. The first-order valence-corrected chi connectivity index (χ1v) is 30.4. The largest absolute Gasteiger partial charge is 0.465 e. The Labute approximate surface area is 492 Å². The van der Waals surface area contributed by atoms with Gasteiger partial charge < -0.3 is 38.2 Å². The van der Waals surface area contributed by atoms with E-state index in [2.05, 4.69) is 59.2 Å². The van der Waals surface area contributed by atoms with E-state index in [1.165, 1.54) is 24.9 Å². The Balaban J connectivity index is 0.000000132. The Hall–Kier alpha value is -4.66. The monoisotopic (exact) mass is 1250 g/mol. The third kappa shape index (κ3) is 11.5. The lowest BCUT2D eigenvalue weighted by Crippen LogP contribution is -2.38. The zero-order chi connectivity index (χ0) is 54.6. The minimum atomic E-state index is -0.315. The van der Waals surface area contributed by atoms with Crippen LogP contribution in [0.4, 0.5) is 5.13 Å². The molecule has 4 aromatic carbocycles. The van der Waals surface area contributed by atoms with E-state index < -0.39 is 0 Å². The van der Waals surface area contributed by atoms with Crippen molar-refractivity contribution < 1.29 is 37.6 Å². The number of thiazole rings is 2. The molecule has 8 aromatic rings. The Morgan fingerprint density at radius 3 is 1.86 bits per heavy atom. The van der Waals surface area contributed by atoms with Crippen molar-refractivity contribution in [1.82, 2.24) is 25.6 Å². The second kappa shape index (κ2) is 23.3. The van der Waals surface area contributed by atoms with E-state index in [9.17, 15) is 9.59 Å². The van der Waals surface area contributed by atoms with Crippen molar-refractivity contribution in [2.24, 2.45) is 11.8 Å². The standard InChI is InChI=1S/C29H27Cl2N3O4S.C19H20Cl2N2O2.C10H8BrNO2S/c1-15-7-16(12-36-14-35)8-24-26(15)32-29(39-24)34-11-18-9-19(34)10-23(18)37-13-20-27(33-38-28(20)17-5-6-17)25-21(30)3-2-4-22(25)31;20-14-2-1-3-15(21)17(14)18-13(19(25-23-18)10-4-5-10)9-24-16-7-12-6-11(16)8-22-12;1-5-3-6(9(13)14-2)4-7-8(5)12-10(11)15-7/h2-4,7-8,14,17-19,23H,5-6,9-13H2,1H3;1-3,10-12,16,22H,4-9H2;3-4H,1-2H3. The highest BCUT2D eigenvalue weighted by atomic mass is 79.9. The van der Waals surface area contributed by atoms with E-state index in [1.807, 2.05) is 49.4 Å². The molecule has 4 saturated carbocycles. The third-order valence-electron chi connectivity index (χ3n) is 16.0. The van der Waals surface area contributed by atoms with Crippen LogP contribution in [0, 0.1) is 25.7 Å². The molecule has 14 nitrogen and oxygen atoms in total. The molecule has 1 N–H and O–H groups in total. The molecule has 21 heteroatoms. The number of hydrogen-bond acceptors (Lipinski definition) is 16. The molecule has 412 valence electrons.